The first-order valence-electron chi connectivity index (χ1n) is 20.0. The SMILES string of the molecule is COc1ccc2nc(C)c3c(c2c1)CC[C@]1(C[C@H]2C(=O)N[C@]4(C(=O)NS(=O)(=O)C5(C)CC5)C[C@H]4/C=C\CCCCC[C@H](CC(=O)OC4CCC4)C(=O)N2C1)O3. The van der Waals surface area contributed by atoms with Crippen LogP contribution in [0, 0.1) is 18.8 Å². The number of fused-ring (bicyclic) bond motifs is 5. The first kappa shape index (κ1) is 37.7. The van der Waals surface area contributed by atoms with Crippen molar-refractivity contribution in [2.24, 2.45) is 11.8 Å². The average molecular weight is 777 g/mol. The minimum atomic E-state index is -3.97. The van der Waals surface area contributed by atoms with Crippen molar-refractivity contribution in [3.8, 4) is 11.5 Å². The van der Waals surface area contributed by atoms with Gasteiger partial charge in [0.05, 0.1) is 36.0 Å². The molecule has 1 saturated heterocycles. The molecule has 2 N–H and O–H groups in total. The molecule has 8 rings (SSSR count). The Morgan fingerprint density at radius 3 is 2.60 bits per heavy atom. The third-order valence-corrected chi connectivity index (χ3v) is 15.2. The number of amides is 3. The van der Waals surface area contributed by atoms with Crippen LogP contribution in [0.15, 0.2) is 30.4 Å². The van der Waals surface area contributed by atoms with Crippen LogP contribution in [0.2, 0.25) is 0 Å². The predicted molar refractivity (Wildman–Crippen MR) is 203 cm³/mol. The van der Waals surface area contributed by atoms with Gasteiger partial charge in [0, 0.05) is 29.2 Å². The van der Waals surface area contributed by atoms with Crippen LogP contribution in [-0.2, 0) is 40.4 Å². The van der Waals surface area contributed by atoms with E-state index < -0.39 is 61.6 Å². The monoisotopic (exact) mass is 776 g/mol. The maximum Gasteiger partial charge on any atom is 0.306 e. The van der Waals surface area contributed by atoms with Crippen LogP contribution < -0.4 is 19.5 Å². The van der Waals surface area contributed by atoms with Crippen molar-refractivity contribution in [1.82, 2.24) is 19.9 Å². The van der Waals surface area contributed by atoms with E-state index in [0.29, 0.717) is 55.7 Å². The average Bonchev–Trinajstić information content (AvgIpc) is 4.03. The van der Waals surface area contributed by atoms with E-state index in [1.807, 2.05) is 37.3 Å². The summed E-state index contributed by atoms with van der Waals surface area (Å²) < 4.78 is 45.8. The van der Waals surface area contributed by atoms with Crippen molar-refractivity contribution >= 4 is 44.6 Å². The Labute approximate surface area is 322 Å². The fourth-order valence-corrected chi connectivity index (χ4v) is 10.2. The topological polar surface area (TPSA) is 170 Å². The summed E-state index contributed by atoms with van der Waals surface area (Å²) in [5.41, 5.74) is 0.0567. The molecule has 296 valence electrons. The Kier molecular flexibility index (Phi) is 9.65. The van der Waals surface area contributed by atoms with Gasteiger partial charge in [0.1, 0.15) is 34.8 Å². The molecule has 1 aromatic carbocycles. The zero-order chi connectivity index (χ0) is 38.8. The van der Waals surface area contributed by atoms with Gasteiger partial charge >= 0.3 is 5.97 Å². The number of rotatable bonds is 7. The largest absolute Gasteiger partial charge is 0.497 e. The molecule has 1 spiro atoms. The molecule has 2 aromatic rings. The van der Waals surface area contributed by atoms with Crippen LogP contribution >= 0.6 is 0 Å². The number of aryl methyl sites for hydroxylation is 2. The first-order chi connectivity index (χ1) is 26.3. The Balaban J connectivity index is 1.13. The quantitative estimate of drug-likeness (QED) is 0.297. The van der Waals surface area contributed by atoms with Gasteiger partial charge in [0.25, 0.3) is 5.91 Å². The lowest BCUT2D eigenvalue weighted by atomic mass is 9.87. The van der Waals surface area contributed by atoms with Gasteiger partial charge in [-0.15, -0.1) is 0 Å². The number of ether oxygens (including phenoxy) is 3. The molecule has 5 atom stereocenters. The van der Waals surface area contributed by atoms with Gasteiger partial charge in [-0.25, -0.2) is 13.4 Å². The number of nitrogens with zero attached hydrogens (tertiary/aromatic N) is 2. The zero-order valence-electron chi connectivity index (χ0n) is 32.0. The van der Waals surface area contributed by atoms with Crippen molar-refractivity contribution in [3.63, 3.8) is 0 Å². The molecule has 13 nitrogen and oxygen atoms in total. The van der Waals surface area contributed by atoms with Crippen LogP contribution in [0.4, 0.5) is 0 Å². The molecule has 0 radical (unpaired) electrons. The van der Waals surface area contributed by atoms with Gasteiger partial charge in [-0.2, -0.15) is 0 Å². The van der Waals surface area contributed by atoms with E-state index >= 15 is 0 Å². The van der Waals surface area contributed by atoms with Gasteiger partial charge in [-0.3, -0.25) is 23.9 Å². The smallest absolute Gasteiger partial charge is 0.306 e. The number of aromatic nitrogens is 1. The molecule has 0 bridgehead atoms. The molecule has 4 heterocycles. The van der Waals surface area contributed by atoms with Gasteiger partial charge in [0.2, 0.25) is 21.8 Å². The lowest BCUT2D eigenvalue weighted by molar-refractivity contribution is -0.157. The number of methoxy groups -OCH3 is 1. The second kappa shape index (κ2) is 14.1. The van der Waals surface area contributed by atoms with E-state index in [1.54, 1.807) is 18.9 Å². The Morgan fingerprint density at radius 1 is 1.07 bits per heavy atom. The van der Waals surface area contributed by atoms with Crippen molar-refractivity contribution in [1.29, 1.82) is 0 Å². The van der Waals surface area contributed by atoms with Crippen LogP contribution in [0.25, 0.3) is 10.9 Å². The summed E-state index contributed by atoms with van der Waals surface area (Å²) in [6.45, 7) is 3.59. The summed E-state index contributed by atoms with van der Waals surface area (Å²) in [4.78, 5) is 63.0. The van der Waals surface area contributed by atoms with Gasteiger partial charge < -0.3 is 24.4 Å². The number of benzene rings is 1. The molecule has 4 fully saturated rings. The fourth-order valence-electron chi connectivity index (χ4n) is 8.85. The van der Waals surface area contributed by atoms with E-state index in [4.69, 9.17) is 19.2 Å². The lowest BCUT2D eigenvalue weighted by Crippen LogP contribution is -2.57. The van der Waals surface area contributed by atoms with Gasteiger partial charge in [0.15, 0.2) is 0 Å². The van der Waals surface area contributed by atoms with E-state index in [9.17, 15) is 27.6 Å². The summed E-state index contributed by atoms with van der Waals surface area (Å²) >= 11 is 0. The highest BCUT2D eigenvalue weighted by atomic mass is 32.2. The molecule has 55 heavy (non-hydrogen) atoms. The highest BCUT2D eigenvalue weighted by Crippen LogP contribution is 2.49. The molecule has 3 aliphatic carbocycles. The Morgan fingerprint density at radius 2 is 1.87 bits per heavy atom. The minimum absolute atomic E-state index is 0.0847. The third-order valence-electron chi connectivity index (χ3n) is 13.1. The van der Waals surface area contributed by atoms with E-state index in [0.717, 1.165) is 55.0 Å². The highest BCUT2D eigenvalue weighted by Gasteiger charge is 2.64. The van der Waals surface area contributed by atoms with Crippen LogP contribution in [-0.4, -0.2) is 83.7 Å². The summed E-state index contributed by atoms with van der Waals surface area (Å²) in [7, 11) is -2.36. The maximum atomic E-state index is 14.8. The van der Waals surface area contributed by atoms with Crippen molar-refractivity contribution in [3.05, 3.63) is 41.6 Å². The van der Waals surface area contributed by atoms with Crippen LogP contribution in [0.5, 0.6) is 11.5 Å². The van der Waals surface area contributed by atoms with E-state index in [-0.39, 0.29) is 37.8 Å². The Bertz CT molecular complexity index is 2060. The predicted octanol–water partition coefficient (Wildman–Crippen LogP) is 4.71. The van der Waals surface area contributed by atoms with Gasteiger partial charge in [-0.1, -0.05) is 25.0 Å². The molecule has 3 amide bonds. The maximum absolute atomic E-state index is 14.8. The molecule has 6 aliphatic rings. The fraction of sp³-hybridized carbons (Fsp3) is 0.634. The standard InChI is InChI=1S/C41H52N4O9S/c1-25-35-30(31-21-29(52-3)14-15-32(31)42-25)16-17-40(54-35)23-33-36(47)43-41(38(49)44-55(50,51)39(2)18-19-39)22-27(41)11-8-6-4-5-7-10-26(37(48)45(33)24-40)20-34(46)53-28-12-9-13-28/h8,11,14-15,21,26-28,33H,4-7,9-10,12-13,16-20,22-24H2,1-3H3,(H,43,47)(H,44,49)/b11-8-/t26-,27-,33+,40-,41-/m1/s1. The number of hydrogen-bond donors (Lipinski definition) is 2. The number of esters is 1. The number of allylic oxidation sites excluding steroid dienone is 1. The summed E-state index contributed by atoms with van der Waals surface area (Å²) in [5.74, 6) is -1.84. The number of carbonyl (C=O) groups is 4. The highest BCUT2D eigenvalue weighted by molar-refractivity contribution is 7.91. The number of hydrogen-bond acceptors (Lipinski definition) is 10. The Hall–Kier alpha value is -4.20. The number of carbonyl (C=O) groups excluding carboxylic acids is 4. The van der Waals surface area contributed by atoms with Crippen molar-refractivity contribution < 1.29 is 41.8 Å². The molecular weight excluding hydrogens is 725 g/mol. The normalized spacial score (nSPS) is 31.0. The molecule has 3 aliphatic heterocycles. The molecule has 1 aromatic heterocycles. The van der Waals surface area contributed by atoms with Crippen molar-refractivity contribution in [2.45, 2.75) is 138 Å². The summed E-state index contributed by atoms with van der Waals surface area (Å²) in [6, 6.07) is 4.69. The third kappa shape index (κ3) is 7.08. The molecular formula is C41H52N4O9S. The summed E-state index contributed by atoms with van der Waals surface area (Å²) in [6.07, 6.45) is 12.3. The molecule has 0 unspecified atom stereocenters. The first-order valence-corrected chi connectivity index (χ1v) is 21.5. The second-order valence-corrected chi connectivity index (χ2v) is 19.2. The summed E-state index contributed by atoms with van der Waals surface area (Å²) in [5, 5.41) is 3.89. The lowest BCUT2D eigenvalue weighted by Gasteiger charge is -2.36. The number of sulfonamides is 1. The van der Waals surface area contributed by atoms with E-state index in [1.165, 1.54) is 0 Å². The number of pyridine rings is 1. The van der Waals surface area contributed by atoms with Gasteiger partial charge in [-0.05, 0) is 103 Å². The molecule has 14 heteroatoms. The molecule has 3 saturated carbocycles. The van der Waals surface area contributed by atoms with Crippen molar-refractivity contribution in [2.75, 3.05) is 13.7 Å². The van der Waals surface area contributed by atoms with Crippen LogP contribution in [0.3, 0.4) is 0 Å². The zero-order valence-corrected chi connectivity index (χ0v) is 32.8. The number of nitrogens with one attached hydrogen (secondary N) is 2. The van der Waals surface area contributed by atoms with E-state index in [2.05, 4.69) is 10.0 Å². The second-order valence-electron chi connectivity index (χ2n) is 17.0. The van der Waals surface area contributed by atoms with Crippen LogP contribution in [0.1, 0.15) is 108 Å². The minimum Gasteiger partial charge on any atom is -0.497 e.